The van der Waals surface area contributed by atoms with Crippen LogP contribution in [-0.4, -0.2) is 38.6 Å². The summed E-state index contributed by atoms with van der Waals surface area (Å²) in [5, 5.41) is 5.06. The van der Waals surface area contributed by atoms with E-state index in [1.165, 1.54) is 31.3 Å². The van der Waals surface area contributed by atoms with Crippen molar-refractivity contribution in [3.05, 3.63) is 65.7 Å². The summed E-state index contributed by atoms with van der Waals surface area (Å²) in [5.74, 6) is -1.05. The second kappa shape index (κ2) is 9.72. The molecule has 0 aromatic heterocycles. The minimum Gasteiger partial charge on any atom is -0.445 e. The maximum absolute atomic E-state index is 12.2. The van der Waals surface area contributed by atoms with Crippen molar-refractivity contribution in [1.29, 1.82) is 0 Å². The van der Waals surface area contributed by atoms with E-state index in [0.717, 1.165) is 5.56 Å². The van der Waals surface area contributed by atoms with E-state index in [1.54, 1.807) is 0 Å². The smallest absolute Gasteiger partial charge is 0.407 e. The molecular formula is C18H21N3O6S. The van der Waals surface area contributed by atoms with Gasteiger partial charge in [0.2, 0.25) is 5.91 Å². The van der Waals surface area contributed by atoms with Gasteiger partial charge in [-0.3, -0.25) is 14.1 Å². The fourth-order valence-corrected chi connectivity index (χ4v) is 2.86. The van der Waals surface area contributed by atoms with E-state index in [4.69, 9.17) is 9.29 Å². The van der Waals surface area contributed by atoms with Crippen molar-refractivity contribution in [2.75, 3.05) is 18.3 Å². The van der Waals surface area contributed by atoms with E-state index in [1.807, 2.05) is 35.1 Å². The van der Waals surface area contributed by atoms with Gasteiger partial charge in [-0.25, -0.2) is 4.79 Å². The highest BCUT2D eigenvalue weighted by molar-refractivity contribution is 7.87. The van der Waals surface area contributed by atoms with Crippen molar-refractivity contribution < 1.29 is 27.3 Å². The first-order valence-corrected chi connectivity index (χ1v) is 9.74. The molecule has 2 aromatic rings. The topological polar surface area (TPSA) is 134 Å². The number of ether oxygens (including phenoxy) is 1. The number of carbonyl (C=O) groups excluding carboxylic acids is 2. The fourth-order valence-electron chi connectivity index (χ4n) is 2.43. The lowest BCUT2D eigenvalue weighted by Gasteiger charge is -2.17. The largest absolute Gasteiger partial charge is 0.445 e. The Labute approximate surface area is 163 Å². The first-order valence-electron chi connectivity index (χ1n) is 8.30. The summed E-state index contributed by atoms with van der Waals surface area (Å²) in [7, 11) is -2.92. The molecule has 9 nitrogen and oxygen atoms in total. The quantitative estimate of drug-likeness (QED) is 0.492. The molecule has 2 rings (SSSR count). The third-order valence-corrected chi connectivity index (χ3v) is 4.28. The van der Waals surface area contributed by atoms with Gasteiger partial charge in [-0.2, -0.15) is 8.42 Å². The zero-order valence-corrected chi connectivity index (χ0v) is 15.9. The number of alkyl carbamates (subject to hydrolysis) is 1. The van der Waals surface area contributed by atoms with Crippen LogP contribution in [0.25, 0.3) is 0 Å². The molecule has 0 fully saturated rings. The molecule has 28 heavy (non-hydrogen) atoms. The maximum atomic E-state index is 12.2. The summed E-state index contributed by atoms with van der Waals surface area (Å²) >= 11 is 0. The van der Waals surface area contributed by atoms with Gasteiger partial charge < -0.3 is 15.4 Å². The Kier molecular flexibility index (Phi) is 7.36. The third kappa shape index (κ3) is 6.89. The Morgan fingerprint density at radius 2 is 1.71 bits per heavy atom. The first-order chi connectivity index (χ1) is 13.3. The van der Waals surface area contributed by atoms with Gasteiger partial charge in [0, 0.05) is 13.6 Å². The van der Waals surface area contributed by atoms with Gasteiger partial charge in [-0.15, -0.1) is 0 Å². The number of benzene rings is 2. The van der Waals surface area contributed by atoms with Crippen LogP contribution < -0.4 is 15.4 Å². The lowest BCUT2D eigenvalue weighted by Crippen LogP contribution is -2.36. The van der Waals surface area contributed by atoms with Crippen molar-refractivity contribution in [3.8, 4) is 0 Å². The minimum atomic E-state index is -4.38. The molecule has 0 saturated carbocycles. The second-order valence-electron chi connectivity index (χ2n) is 5.81. The number of rotatable bonds is 8. The molecule has 0 aliphatic carbocycles. The number of carbonyl (C=O) groups is 2. The zero-order chi connectivity index (χ0) is 20.6. The van der Waals surface area contributed by atoms with Gasteiger partial charge in [0.25, 0.3) is 0 Å². The molecule has 0 bridgehead atoms. The Balaban J connectivity index is 1.97. The van der Waals surface area contributed by atoms with Crippen molar-refractivity contribution >= 4 is 28.0 Å². The Hall–Kier alpha value is -3.11. The monoisotopic (exact) mass is 407 g/mol. The molecule has 10 heteroatoms. The molecule has 4 N–H and O–H groups in total. The lowest BCUT2D eigenvalue weighted by atomic mass is 9.98. The van der Waals surface area contributed by atoms with Crippen LogP contribution >= 0.6 is 0 Å². The molecule has 0 saturated heterocycles. The fraction of sp³-hybridized carbons (Fsp3) is 0.222. The van der Waals surface area contributed by atoms with Gasteiger partial charge in [0.15, 0.2) is 0 Å². The number of hydrogen-bond donors (Lipinski definition) is 4. The van der Waals surface area contributed by atoms with E-state index in [9.17, 15) is 18.0 Å². The van der Waals surface area contributed by atoms with E-state index >= 15 is 0 Å². The van der Waals surface area contributed by atoms with E-state index in [-0.39, 0.29) is 24.7 Å². The SMILES string of the molecule is CNC(=O)[C@@H](CNC(=O)OCc1ccccc1)c1ccc(NS(=O)(=O)O)cc1. The van der Waals surface area contributed by atoms with Gasteiger partial charge in [0.1, 0.15) is 6.61 Å². The van der Waals surface area contributed by atoms with Gasteiger partial charge in [-0.1, -0.05) is 42.5 Å². The van der Waals surface area contributed by atoms with Crippen LogP contribution in [0, 0.1) is 0 Å². The summed E-state index contributed by atoms with van der Waals surface area (Å²) in [6.45, 7) is 0.0890. The molecule has 0 aliphatic rings. The number of nitrogens with one attached hydrogen (secondary N) is 3. The highest BCUT2D eigenvalue weighted by atomic mass is 32.2. The Bertz CT molecular complexity index is 901. The molecule has 1 atom stereocenters. The van der Waals surface area contributed by atoms with Crippen LogP contribution in [0.4, 0.5) is 10.5 Å². The summed E-state index contributed by atoms with van der Waals surface area (Å²) < 4.78 is 37.5. The van der Waals surface area contributed by atoms with Crippen molar-refractivity contribution in [3.63, 3.8) is 0 Å². The summed E-state index contributed by atoms with van der Waals surface area (Å²) in [5.41, 5.74) is 1.52. The average molecular weight is 407 g/mol. The van der Waals surface area contributed by atoms with Crippen molar-refractivity contribution in [1.82, 2.24) is 10.6 Å². The highest BCUT2D eigenvalue weighted by Gasteiger charge is 2.21. The molecule has 150 valence electrons. The standard InChI is InChI=1S/C18H21N3O6S/c1-19-17(22)16(14-7-9-15(10-8-14)21-28(24,25)26)11-20-18(23)27-12-13-5-3-2-4-6-13/h2-10,16,21H,11-12H2,1H3,(H,19,22)(H,20,23)(H,24,25,26)/t16-/m0/s1. The summed E-state index contributed by atoms with van der Waals surface area (Å²) in [6.07, 6.45) is -0.664. The normalized spacial score (nSPS) is 11.9. The van der Waals surface area contributed by atoms with Gasteiger partial charge in [-0.05, 0) is 23.3 Å². The van der Waals surface area contributed by atoms with Crippen molar-refractivity contribution in [2.45, 2.75) is 12.5 Å². The van der Waals surface area contributed by atoms with Crippen molar-refractivity contribution in [2.24, 2.45) is 0 Å². The summed E-state index contributed by atoms with van der Waals surface area (Å²) in [4.78, 5) is 24.1. The first kappa shape index (κ1) is 21.2. The lowest BCUT2D eigenvalue weighted by molar-refractivity contribution is -0.121. The molecule has 0 unspecified atom stereocenters. The molecule has 0 aliphatic heterocycles. The van der Waals surface area contributed by atoms with Gasteiger partial charge >= 0.3 is 16.4 Å². The van der Waals surface area contributed by atoms with E-state index < -0.39 is 22.3 Å². The second-order valence-corrected chi connectivity index (χ2v) is 6.96. The predicted octanol–water partition coefficient (Wildman–Crippen LogP) is 1.66. The summed E-state index contributed by atoms with van der Waals surface area (Å²) in [6, 6.07) is 15.0. The molecule has 2 amide bonds. The molecule has 2 aromatic carbocycles. The third-order valence-electron chi connectivity index (χ3n) is 3.79. The van der Waals surface area contributed by atoms with Crippen LogP contribution in [0.5, 0.6) is 0 Å². The van der Waals surface area contributed by atoms with Crippen LogP contribution in [0.3, 0.4) is 0 Å². The highest BCUT2D eigenvalue weighted by Crippen LogP contribution is 2.19. The number of likely N-dealkylation sites (N-methyl/N-ethyl adjacent to an activating group) is 1. The molecule has 0 heterocycles. The minimum absolute atomic E-state index is 0.0155. The molecular weight excluding hydrogens is 386 g/mol. The zero-order valence-electron chi connectivity index (χ0n) is 15.1. The predicted molar refractivity (Wildman–Crippen MR) is 103 cm³/mol. The van der Waals surface area contributed by atoms with E-state index in [2.05, 4.69) is 10.6 Å². The van der Waals surface area contributed by atoms with Crippen LogP contribution in [0.1, 0.15) is 17.0 Å². The van der Waals surface area contributed by atoms with E-state index in [0.29, 0.717) is 5.56 Å². The van der Waals surface area contributed by atoms with Crippen LogP contribution in [0.15, 0.2) is 54.6 Å². The number of amides is 2. The average Bonchev–Trinajstić information content (AvgIpc) is 2.67. The van der Waals surface area contributed by atoms with Gasteiger partial charge in [0.05, 0.1) is 11.6 Å². The van der Waals surface area contributed by atoms with Crippen LogP contribution in [-0.2, 0) is 26.4 Å². The Morgan fingerprint density at radius 1 is 1.07 bits per heavy atom. The van der Waals surface area contributed by atoms with Crippen LogP contribution in [0.2, 0.25) is 0 Å². The molecule has 0 spiro atoms. The number of hydrogen-bond acceptors (Lipinski definition) is 5. The maximum Gasteiger partial charge on any atom is 0.407 e. The molecule has 0 radical (unpaired) electrons. The number of anilines is 1. The Morgan fingerprint density at radius 3 is 2.29 bits per heavy atom.